The fourth-order valence-electron chi connectivity index (χ4n) is 6.56. The van der Waals surface area contributed by atoms with E-state index in [-0.39, 0.29) is 10.8 Å². The molecule has 4 rings (SSSR count). The normalized spacial score (nSPS) is 45.7. The summed E-state index contributed by atoms with van der Waals surface area (Å²) in [5.74, 6) is 1.18. The van der Waals surface area contributed by atoms with Crippen LogP contribution in [0.1, 0.15) is 65.7 Å². The van der Waals surface area contributed by atoms with Gasteiger partial charge in [0, 0.05) is 19.0 Å². The highest BCUT2D eigenvalue weighted by Crippen LogP contribution is 2.69. The van der Waals surface area contributed by atoms with E-state index in [1.165, 1.54) is 19.3 Å². The van der Waals surface area contributed by atoms with Crippen molar-refractivity contribution in [2.45, 2.75) is 71.1 Å². The number of amides is 1. The zero-order valence-corrected chi connectivity index (χ0v) is 14.8. The summed E-state index contributed by atoms with van der Waals surface area (Å²) in [6.07, 6.45) is 8.28. The van der Waals surface area contributed by atoms with E-state index in [1.54, 1.807) is 0 Å². The van der Waals surface area contributed by atoms with Crippen LogP contribution in [0.2, 0.25) is 0 Å². The molecule has 4 aliphatic carbocycles. The number of nitrogens with zero attached hydrogens (tertiary/aromatic N) is 1. The van der Waals surface area contributed by atoms with Crippen molar-refractivity contribution in [3.8, 4) is 0 Å². The minimum atomic E-state index is -0.0623. The number of carbonyl (C=O) groups excluding carboxylic acids is 1. The van der Waals surface area contributed by atoms with Crippen LogP contribution in [0.5, 0.6) is 0 Å². The lowest BCUT2D eigenvalue weighted by Gasteiger charge is -2.65. The van der Waals surface area contributed by atoms with Crippen molar-refractivity contribution >= 4 is 17.5 Å². The summed E-state index contributed by atoms with van der Waals surface area (Å²) in [7, 11) is 1.98. The molecule has 3 atom stereocenters. The predicted molar refractivity (Wildman–Crippen MR) is 87.4 cm³/mol. The van der Waals surface area contributed by atoms with Crippen molar-refractivity contribution in [3.05, 3.63) is 0 Å². The third-order valence-corrected chi connectivity index (χ3v) is 6.51. The zero-order chi connectivity index (χ0) is 15.5. The summed E-state index contributed by atoms with van der Waals surface area (Å²) in [6.45, 7) is 7.66. The Morgan fingerprint density at radius 3 is 2.24 bits per heavy atom. The summed E-state index contributed by atoms with van der Waals surface area (Å²) < 4.78 is 0. The van der Waals surface area contributed by atoms with Gasteiger partial charge >= 0.3 is 0 Å². The predicted octanol–water partition coefficient (Wildman–Crippen LogP) is 4.46. The first-order chi connectivity index (χ1) is 9.65. The first-order valence-corrected chi connectivity index (χ1v) is 8.99. The fourth-order valence-corrected chi connectivity index (χ4v) is 6.66. The van der Waals surface area contributed by atoms with E-state index in [4.69, 9.17) is 11.6 Å². The highest BCUT2D eigenvalue weighted by atomic mass is 35.5. The summed E-state index contributed by atoms with van der Waals surface area (Å²) in [6, 6.07) is 0. The molecule has 4 saturated carbocycles. The maximum atomic E-state index is 13.2. The Bertz CT molecular complexity index is 428. The van der Waals surface area contributed by atoms with E-state index in [2.05, 4.69) is 13.8 Å². The average molecular weight is 312 g/mol. The number of carbonyl (C=O) groups is 1. The van der Waals surface area contributed by atoms with Gasteiger partial charge in [0.25, 0.3) is 0 Å². The van der Waals surface area contributed by atoms with Gasteiger partial charge in [-0.05, 0) is 68.6 Å². The molecule has 0 spiro atoms. The molecule has 0 saturated heterocycles. The van der Waals surface area contributed by atoms with E-state index in [1.807, 2.05) is 18.9 Å². The van der Waals surface area contributed by atoms with Gasteiger partial charge in [-0.3, -0.25) is 4.79 Å². The van der Waals surface area contributed by atoms with Crippen LogP contribution in [-0.2, 0) is 4.79 Å². The largest absolute Gasteiger partial charge is 0.345 e. The molecule has 21 heavy (non-hydrogen) atoms. The molecule has 3 heteroatoms. The van der Waals surface area contributed by atoms with Crippen molar-refractivity contribution in [2.75, 3.05) is 13.6 Å². The monoisotopic (exact) mass is 311 g/mol. The van der Waals surface area contributed by atoms with Crippen molar-refractivity contribution < 1.29 is 4.79 Å². The Morgan fingerprint density at radius 1 is 1.19 bits per heavy atom. The van der Waals surface area contributed by atoms with Crippen LogP contribution in [0.3, 0.4) is 0 Å². The highest BCUT2D eigenvalue weighted by Gasteiger charge is 2.63. The summed E-state index contributed by atoms with van der Waals surface area (Å²) >= 11 is 6.05. The van der Waals surface area contributed by atoms with Crippen LogP contribution in [0.25, 0.3) is 0 Å². The highest BCUT2D eigenvalue weighted by molar-refractivity contribution is 6.20. The van der Waals surface area contributed by atoms with Crippen LogP contribution in [0.15, 0.2) is 0 Å². The van der Waals surface area contributed by atoms with Crippen molar-refractivity contribution in [1.29, 1.82) is 0 Å². The van der Waals surface area contributed by atoms with Gasteiger partial charge in [0.2, 0.25) is 5.91 Å². The molecule has 4 aliphatic rings. The van der Waals surface area contributed by atoms with E-state index >= 15 is 0 Å². The van der Waals surface area contributed by atoms with Crippen molar-refractivity contribution in [3.63, 3.8) is 0 Å². The maximum absolute atomic E-state index is 13.2. The lowest BCUT2D eigenvalue weighted by Crippen LogP contribution is -2.60. The average Bonchev–Trinajstić information content (AvgIpc) is 2.30. The molecule has 3 unspecified atom stereocenters. The minimum absolute atomic E-state index is 0.0623. The lowest BCUT2D eigenvalue weighted by atomic mass is 9.40. The Hall–Kier alpha value is -0.240. The summed E-state index contributed by atoms with van der Waals surface area (Å²) in [4.78, 5) is 15.1. The number of halogens is 1. The number of rotatable bonds is 4. The van der Waals surface area contributed by atoms with Gasteiger partial charge in [-0.25, -0.2) is 0 Å². The molecule has 0 N–H and O–H groups in total. The third-order valence-electron chi connectivity index (χ3n) is 6.29. The van der Waals surface area contributed by atoms with E-state index < -0.39 is 0 Å². The molecule has 0 aromatic rings. The number of hydrogen-bond donors (Lipinski definition) is 0. The first kappa shape index (κ1) is 15.6. The zero-order valence-electron chi connectivity index (χ0n) is 14.0. The molecule has 0 aromatic carbocycles. The van der Waals surface area contributed by atoms with Crippen LogP contribution >= 0.6 is 11.6 Å². The lowest BCUT2D eigenvalue weighted by molar-refractivity contribution is -0.178. The maximum Gasteiger partial charge on any atom is 0.228 e. The topological polar surface area (TPSA) is 20.3 Å². The van der Waals surface area contributed by atoms with Gasteiger partial charge in [-0.2, -0.15) is 0 Å². The van der Waals surface area contributed by atoms with Crippen molar-refractivity contribution in [1.82, 2.24) is 4.90 Å². The molecule has 4 fully saturated rings. The molecule has 0 aliphatic heterocycles. The molecule has 0 aromatic heterocycles. The van der Waals surface area contributed by atoms with Crippen LogP contribution in [0, 0.1) is 22.2 Å². The smallest absolute Gasteiger partial charge is 0.228 e. The van der Waals surface area contributed by atoms with E-state index in [9.17, 15) is 4.79 Å². The molecule has 120 valence electrons. The molecule has 0 radical (unpaired) electrons. The van der Waals surface area contributed by atoms with E-state index in [0.29, 0.717) is 16.7 Å². The van der Waals surface area contributed by atoms with Crippen molar-refractivity contribution in [2.24, 2.45) is 22.2 Å². The summed E-state index contributed by atoms with van der Waals surface area (Å²) in [5, 5.41) is 0.145. The second kappa shape index (κ2) is 4.88. The minimum Gasteiger partial charge on any atom is -0.345 e. The first-order valence-electron chi connectivity index (χ1n) is 8.55. The van der Waals surface area contributed by atoms with Gasteiger partial charge in [-0.1, -0.05) is 13.8 Å². The Morgan fingerprint density at radius 2 is 1.76 bits per heavy atom. The SMILES string of the molecule is CC(Cl)CCN(C)C(=O)C12CC3CC(C)(CC(C)(C3)C1)C2. The molecule has 0 heterocycles. The van der Waals surface area contributed by atoms with Gasteiger partial charge in [0.1, 0.15) is 0 Å². The molecule has 2 nitrogen and oxygen atoms in total. The van der Waals surface area contributed by atoms with Crippen LogP contribution < -0.4 is 0 Å². The van der Waals surface area contributed by atoms with Gasteiger partial charge in [0.15, 0.2) is 0 Å². The van der Waals surface area contributed by atoms with Gasteiger partial charge < -0.3 is 4.90 Å². The van der Waals surface area contributed by atoms with Crippen LogP contribution in [-0.4, -0.2) is 29.8 Å². The Kier molecular flexibility index (Phi) is 3.63. The number of alkyl halides is 1. The quantitative estimate of drug-likeness (QED) is 0.702. The van der Waals surface area contributed by atoms with E-state index in [0.717, 1.165) is 38.1 Å². The molecule has 1 amide bonds. The van der Waals surface area contributed by atoms with Gasteiger partial charge in [0.05, 0.1) is 5.41 Å². The second-order valence-electron chi connectivity index (χ2n) is 9.21. The van der Waals surface area contributed by atoms with Gasteiger partial charge in [-0.15, -0.1) is 11.6 Å². The standard InChI is InChI=1S/C18H30ClNO/c1-13(19)5-6-20(4)15(21)18-9-14-7-16(2,11-18)10-17(3,8-14)12-18/h13-14H,5-12H2,1-4H3. The molecule has 4 bridgehead atoms. The third kappa shape index (κ3) is 2.73. The molecular weight excluding hydrogens is 282 g/mol. The summed E-state index contributed by atoms with van der Waals surface area (Å²) in [5.41, 5.74) is 0.752. The Labute approximate surface area is 134 Å². The fraction of sp³-hybridized carbons (Fsp3) is 0.944. The van der Waals surface area contributed by atoms with Crippen LogP contribution in [0.4, 0.5) is 0 Å². The number of hydrogen-bond acceptors (Lipinski definition) is 1. The molecular formula is C18H30ClNO. The Balaban J connectivity index is 1.79. The second-order valence-corrected chi connectivity index (χ2v) is 9.95.